The molecule has 0 aromatic heterocycles. The molecule has 2 aliphatic rings. The first-order chi connectivity index (χ1) is 11.7. The molecule has 0 atom stereocenters. The number of carbonyl (C=O) groups is 2. The van der Waals surface area contributed by atoms with E-state index < -0.39 is 0 Å². The minimum Gasteiger partial charge on any atom is -0.383 e. The number of nitrogens with one attached hydrogen (secondary N) is 3. The van der Waals surface area contributed by atoms with Gasteiger partial charge in [-0.1, -0.05) is 19.3 Å². The summed E-state index contributed by atoms with van der Waals surface area (Å²) in [6.07, 6.45) is 7.54. The minimum absolute atomic E-state index is 0. The molecule has 146 valence electrons. The van der Waals surface area contributed by atoms with Crippen molar-refractivity contribution in [3.63, 3.8) is 0 Å². The number of piperidine rings is 1. The van der Waals surface area contributed by atoms with E-state index in [2.05, 4.69) is 16.0 Å². The smallest absolute Gasteiger partial charge is 0.315 e. The van der Waals surface area contributed by atoms with Crippen molar-refractivity contribution in [1.82, 2.24) is 20.9 Å². The summed E-state index contributed by atoms with van der Waals surface area (Å²) in [6.45, 7) is 3.05. The molecular formula is C17H33ClN4O3. The van der Waals surface area contributed by atoms with Crippen molar-refractivity contribution in [3.05, 3.63) is 0 Å². The Balaban J connectivity index is 0.00000312. The fourth-order valence-corrected chi connectivity index (χ4v) is 3.41. The predicted octanol–water partition coefficient (Wildman–Crippen LogP) is 1.27. The van der Waals surface area contributed by atoms with Gasteiger partial charge in [0.2, 0.25) is 5.91 Å². The lowest BCUT2D eigenvalue weighted by molar-refractivity contribution is -0.131. The third-order valence-corrected chi connectivity index (χ3v) is 4.88. The predicted molar refractivity (Wildman–Crippen MR) is 100 cm³/mol. The van der Waals surface area contributed by atoms with Gasteiger partial charge in [-0.15, -0.1) is 12.4 Å². The molecule has 0 radical (unpaired) electrons. The number of hydrogen-bond acceptors (Lipinski definition) is 4. The first-order valence-corrected chi connectivity index (χ1v) is 9.23. The maximum atomic E-state index is 12.1. The molecule has 1 aliphatic carbocycles. The van der Waals surface area contributed by atoms with Crippen LogP contribution in [0.2, 0.25) is 0 Å². The molecule has 8 heteroatoms. The number of ether oxygens (including phenoxy) is 1. The van der Waals surface area contributed by atoms with Gasteiger partial charge in [-0.05, 0) is 25.7 Å². The van der Waals surface area contributed by atoms with E-state index in [1.54, 1.807) is 7.11 Å². The van der Waals surface area contributed by atoms with Crippen LogP contribution in [0, 0.1) is 0 Å². The van der Waals surface area contributed by atoms with E-state index in [0.717, 1.165) is 25.7 Å². The van der Waals surface area contributed by atoms with Crippen molar-refractivity contribution in [3.8, 4) is 0 Å². The second kappa shape index (κ2) is 12.3. The summed E-state index contributed by atoms with van der Waals surface area (Å²) in [5.74, 6) is 0.121. The standard InChI is InChI=1S/C17H32N4O3.ClH/c1-24-12-9-18-13-16(22)21-10-7-15(8-11-21)20-17(23)19-14-5-3-2-4-6-14;/h14-15,18H,2-13H2,1H3,(H2,19,20,23);1H. The summed E-state index contributed by atoms with van der Waals surface area (Å²) in [5, 5.41) is 9.23. The number of hydrogen-bond donors (Lipinski definition) is 3. The first kappa shape index (κ1) is 22.0. The zero-order valence-corrected chi connectivity index (χ0v) is 16.0. The fraction of sp³-hybridized carbons (Fsp3) is 0.882. The van der Waals surface area contributed by atoms with Crippen LogP contribution in [0.25, 0.3) is 0 Å². The first-order valence-electron chi connectivity index (χ1n) is 9.23. The van der Waals surface area contributed by atoms with Gasteiger partial charge < -0.3 is 25.6 Å². The molecule has 1 aliphatic heterocycles. The van der Waals surface area contributed by atoms with E-state index in [1.165, 1.54) is 19.3 Å². The van der Waals surface area contributed by atoms with Crippen LogP contribution < -0.4 is 16.0 Å². The number of methoxy groups -OCH3 is 1. The van der Waals surface area contributed by atoms with Crippen molar-refractivity contribution < 1.29 is 14.3 Å². The Morgan fingerprint density at radius 2 is 1.60 bits per heavy atom. The van der Waals surface area contributed by atoms with Crippen molar-refractivity contribution in [1.29, 1.82) is 0 Å². The lowest BCUT2D eigenvalue weighted by atomic mass is 9.96. The van der Waals surface area contributed by atoms with Gasteiger partial charge in [0.25, 0.3) is 0 Å². The van der Waals surface area contributed by atoms with Gasteiger partial charge in [0, 0.05) is 38.8 Å². The van der Waals surface area contributed by atoms with E-state index in [9.17, 15) is 9.59 Å². The van der Waals surface area contributed by atoms with E-state index in [0.29, 0.717) is 38.8 Å². The van der Waals surface area contributed by atoms with Gasteiger partial charge in [0.1, 0.15) is 0 Å². The van der Waals surface area contributed by atoms with Gasteiger partial charge >= 0.3 is 6.03 Å². The van der Waals surface area contributed by atoms with Crippen LogP contribution in [0.3, 0.4) is 0 Å². The lowest BCUT2D eigenvalue weighted by Gasteiger charge is -2.33. The summed E-state index contributed by atoms with van der Waals surface area (Å²) in [7, 11) is 1.64. The van der Waals surface area contributed by atoms with Crippen molar-refractivity contribution in [2.45, 2.75) is 57.0 Å². The van der Waals surface area contributed by atoms with Crippen LogP contribution in [0.5, 0.6) is 0 Å². The molecule has 3 N–H and O–H groups in total. The SMILES string of the molecule is COCCNCC(=O)N1CCC(NC(=O)NC2CCCCC2)CC1.Cl. The van der Waals surface area contributed by atoms with Crippen molar-refractivity contribution >= 4 is 24.3 Å². The monoisotopic (exact) mass is 376 g/mol. The van der Waals surface area contributed by atoms with Gasteiger partial charge in [-0.25, -0.2) is 4.79 Å². The van der Waals surface area contributed by atoms with Crippen LogP contribution in [-0.2, 0) is 9.53 Å². The number of likely N-dealkylation sites (tertiary alicyclic amines) is 1. The van der Waals surface area contributed by atoms with Crippen LogP contribution in [0.4, 0.5) is 4.79 Å². The highest BCUT2D eigenvalue weighted by atomic mass is 35.5. The summed E-state index contributed by atoms with van der Waals surface area (Å²) in [6, 6.07) is 0.450. The molecule has 1 saturated heterocycles. The fourth-order valence-electron chi connectivity index (χ4n) is 3.41. The van der Waals surface area contributed by atoms with Crippen molar-refractivity contribution in [2.75, 3.05) is 39.9 Å². The van der Waals surface area contributed by atoms with E-state index >= 15 is 0 Å². The number of nitrogens with zero attached hydrogens (tertiary/aromatic N) is 1. The van der Waals surface area contributed by atoms with Crippen LogP contribution in [0.1, 0.15) is 44.9 Å². The molecule has 25 heavy (non-hydrogen) atoms. The average molecular weight is 377 g/mol. The van der Waals surface area contributed by atoms with Crippen LogP contribution >= 0.6 is 12.4 Å². The highest BCUT2D eigenvalue weighted by Gasteiger charge is 2.24. The van der Waals surface area contributed by atoms with Gasteiger partial charge in [0.05, 0.1) is 13.2 Å². The van der Waals surface area contributed by atoms with Crippen LogP contribution in [-0.4, -0.2) is 68.8 Å². The minimum atomic E-state index is -0.0482. The molecule has 1 saturated carbocycles. The third kappa shape index (κ3) is 8.25. The Bertz CT molecular complexity index is 397. The molecule has 3 amide bonds. The zero-order chi connectivity index (χ0) is 17.2. The molecule has 2 rings (SSSR count). The summed E-state index contributed by atoms with van der Waals surface area (Å²) >= 11 is 0. The summed E-state index contributed by atoms with van der Waals surface area (Å²) in [5.41, 5.74) is 0. The maximum Gasteiger partial charge on any atom is 0.315 e. The van der Waals surface area contributed by atoms with E-state index in [-0.39, 0.29) is 30.4 Å². The molecule has 7 nitrogen and oxygen atoms in total. The number of halogens is 1. The second-order valence-corrected chi connectivity index (χ2v) is 6.78. The van der Waals surface area contributed by atoms with Gasteiger partial charge in [0.15, 0.2) is 0 Å². The molecule has 0 aromatic carbocycles. The highest BCUT2D eigenvalue weighted by Crippen LogP contribution is 2.17. The molecular weight excluding hydrogens is 344 g/mol. The van der Waals surface area contributed by atoms with Gasteiger partial charge in [-0.3, -0.25) is 4.79 Å². The van der Waals surface area contributed by atoms with Crippen molar-refractivity contribution in [2.24, 2.45) is 0 Å². The maximum absolute atomic E-state index is 12.1. The molecule has 2 fully saturated rings. The summed E-state index contributed by atoms with van der Waals surface area (Å²) in [4.78, 5) is 26.0. The zero-order valence-electron chi connectivity index (χ0n) is 15.2. The topological polar surface area (TPSA) is 82.7 Å². The highest BCUT2D eigenvalue weighted by molar-refractivity contribution is 5.85. The van der Waals surface area contributed by atoms with E-state index in [4.69, 9.17) is 4.74 Å². The Labute approximate surface area is 157 Å². The number of rotatable bonds is 7. The quantitative estimate of drug-likeness (QED) is 0.584. The lowest BCUT2D eigenvalue weighted by Crippen LogP contribution is -2.52. The second-order valence-electron chi connectivity index (χ2n) is 6.78. The van der Waals surface area contributed by atoms with E-state index in [1.807, 2.05) is 4.90 Å². The largest absolute Gasteiger partial charge is 0.383 e. The number of carbonyl (C=O) groups excluding carboxylic acids is 2. The van der Waals surface area contributed by atoms with Crippen LogP contribution in [0.15, 0.2) is 0 Å². The third-order valence-electron chi connectivity index (χ3n) is 4.88. The molecule has 0 aromatic rings. The Hall–Kier alpha value is -1.05. The number of urea groups is 1. The normalized spacial score (nSPS) is 19.2. The molecule has 0 unspecified atom stereocenters. The molecule has 1 heterocycles. The average Bonchev–Trinajstić information content (AvgIpc) is 2.60. The number of amides is 3. The Kier molecular flexibility index (Phi) is 10.8. The molecule has 0 spiro atoms. The summed E-state index contributed by atoms with van der Waals surface area (Å²) < 4.78 is 4.94. The van der Waals surface area contributed by atoms with Gasteiger partial charge in [-0.2, -0.15) is 0 Å². The Morgan fingerprint density at radius 1 is 1.00 bits per heavy atom. The molecule has 0 bridgehead atoms. The Morgan fingerprint density at radius 3 is 2.20 bits per heavy atom.